The van der Waals surface area contributed by atoms with Gasteiger partial charge >= 0.3 is 6.03 Å². The maximum absolute atomic E-state index is 13.1. The number of rotatable bonds is 3. The van der Waals surface area contributed by atoms with Crippen molar-refractivity contribution in [2.24, 2.45) is 0 Å². The van der Waals surface area contributed by atoms with Gasteiger partial charge in [-0.3, -0.25) is 10.1 Å². The number of halogens is 2. The highest BCUT2D eigenvalue weighted by Gasteiger charge is 2.06. The smallest absolute Gasteiger partial charge is 0.321 e. The van der Waals surface area contributed by atoms with Gasteiger partial charge in [-0.15, -0.1) is 11.6 Å². The number of alkyl halides is 1. The molecule has 6 heteroatoms. The first-order valence-electron chi connectivity index (χ1n) is 4.50. The van der Waals surface area contributed by atoms with Gasteiger partial charge in [0, 0.05) is 12.1 Å². The van der Waals surface area contributed by atoms with Crippen molar-refractivity contribution in [1.29, 1.82) is 0 Å². The fourth-order valence-corrected chi connectivity index (χ4v) is 1.09. The summed E-state index contributed by atoms with van der Waals surface area (Å²) in [5.41, 5.74) is 0.343. The minimum absolute atomic E-state index is 0.00801. The van der Waals surface area contributed by atoms with E-state index >= 15 is 0 Å². The van der Waals surface area contributed by atoms with E-state index in [1.807, 2.05) is 5.32 Å². The predicted octanol–water partition coefficient (Wildman–Crippen LogP) is 1.39. The Morgan fingerprint density at radius 2 is 2.00 bits per heavy atom. The third-order valence-corrected chi connectivity index (χ3v) is 2.01. The lowest BCUT2D eigenvalue weighted by Gasteiger charge is -2.06. The number of hydrogen-bond acceptors (Lipinski definition) is 2. The first kappa shape index (κ1) is 12.4. The molecule has 2 N–H and O–H groups in total. The Balaban J connectivity index is 2.43. The molecule has 0 heterocycles. The van der Waals surface area contributed by atoms with Gasteiger partial charge in [-0.05, 0) is 6.07 Å². The summed E-state index contributed by atoms with van der Waals surface area (Å²) >= 11 is 5.19. The van der Waals surface area contributed by atoms with E-state index in [4.69, 9.17) is 11.6 Å². The molecule has 1 aromatic rings. The van der Waals surface area contributed by atoms with E-state index in [2.05, 4.69) is 5.32 Å². The van der Waals surface area contributed by atoms with Crippen molar-refractivity contribution in [1.82, 2.24) is 10.6 Å². The summed E-state index contributed by atoms with van der Waals surface area (Å²) in [7, 11) is 0. The van der Waals surface area contributed by atoms with Gasteiger partial charge in [-0.2, -0.15) is 0 Å². The van der Waals surface area contributed by atoms with Crippen molar-refractivity contribution >= 4 is 23.5 Å². The number of imide groups is 1. The number of benzene rings is 1. The molecular weight excluding hydrogens is 235 g/mol. The molecule has 0 aromatic heterocycles. The lowest BCUT2D eigenvalue weighted by Crippen LogP contribution is -2.39. The Morgan fingerprint density at radius 3 is 2.62 bits per heavy atom. The summed E-state index contributed by atoms with van der Waals surface area (Å²) in [4.78, 5) is 21.8. The fourth-order valence-electron chi connectivity index (χ4n) is 1.02. The van der Waals surface area contributed by atoms with Crippen LogP contribution in [-0.4, -0.2) is 17.8 Å². The number of hydrogen-bond donors (Lipinski definition) is 2. The normalized spacial score (nSPS) is 9.62. The Morgan fingerprint density at radius 1 is 1.31 bits per heavy atom. The molecule has 86 valence electrons. The van der Waals surface area contributed by atoms with Crippen LogP contribution in [-0.2, 0) is 11.3 Å². The molecule has 4 nitrogen and oxygen atoms in total. The molecule has 1 aromatic carbocycles. The van der Waals surface area contributed by atoms with Gasteiger partial charge in [-0.1, -0.05) is 18.2 Å². The van der Waals surface area contributed by atoms with Gasteiger partial charge in [0.25, 0.3) is 0 Å². The molecule has 0 saturated heterocycles. The molecule has 0 aliphatic rings. The van der Waals surface area contributed by atoms with Gasteiger partial charge in [0.1, 0.15) is 11.7 Å². The van der Waals surface area contributed by atoms with E-state index in [1.54, 1.807) is 18.2 Å². The third kappa shape index (κ3) is 3.86. The lowest BCUT2D eigenvalue weighted by molar-refractivity contribution is -0.117. The Kier molecular flexibility index (Phi) is 4.72. The zero-order chi connectivity index (χ0) is 12.0. The molecule has 0 fully saturated rings. The molecular formula is C10H10ClFN2O2. The number of amides is 3. The van der Waals surface area contributed by atoms with Gasteiger partial charge < -0.3 is 5.32 Å². The highest BCUT2D eigenvalue weighted by molar-refractivity contribution is 6.28. The van der Waals surface area contributed by atoms with E-state index in [-0.39, 0.29) is 12.4 Å². The molecule has 0 aliphatic heterocycles. The maximum atomic E-state index is 13.1. The molecule has 3 amide bonds. The SMILES string of the molecule is O=C(CCl)NC(=O)NCc1ccccc1F. The molecule has 0 saturated carbocycles. The van der Waals surface area contributed by atoms with E-state index in [0.29, 0.717) is 5.56 Å². The first-order valence-corrected chi connectivity index (χ1v) is 5.04. The fraction of sp³-hybridized carbons (Fsp3) is 0.200. The van der Waals surface area contributed by atoms with Crippen LogP contribution in [0.5, 0.6) is 0 Å². The summed E-state index contributed by atoms with van der Waals surface area (Å²) in [6, 6.07) is 5.34. The quantitative estimate of drug-likeness (QED) is 0.790. The number of nitrogens with one attached hydrogen (secondary N) is 2. The van der Waals surface area contributed by atoms with E-state index in [9.17, 15) is 14.0 Å². The van der Waals surface area contributed by atoms with Crippen LogP contribution in [0.25, 0.3) is 0 Å². The summed E-state index contributed by atoms with van der Waals surface area (Å²) < 4.78 is 13.1. The van der Waals surface area contributed by atoms with Gasteiger partial charge in [0.2, 0.25) is 5.91 Å². The van der Waals surface area contributed by atoms with Crippen LogP contribution in [0.1, 0.15) is 5.56 Å². The Labute approximate surface area is 96.8 Å². The van der Waals surface area contributed by atoms with Crippen molar-refractivity contribution in [3.8, 4) is 0 Å². The van der Waals surface area contributed by atoms with Crippen molar-refractivity contribution < 1.29 is 14.0 Å². The lowest BCUT2D eigenvalue weighted by atomic mass is 10.2. The van der Waals surface area contributed by atoms with E-state index in [1.165, 1.54) is 6.07 Å². The molecule has 1 rings (SSSR count). The van der Waals surface area contributed by atoms with Gasteiger partial charge in [0.05, 0.1) is 0 Å². The first-order chi connectivity index (χ1) is 7.63. The highest BCUT2D eigenvalue weighted by Crippen LogP contribution is 2.05. The minimum atomic E-state index is -0.700. The molecule has 16 heavy (non-hydrogen) atoms. The van der Waals surface area contributed by atoms with Crippen LogP contribution in [0.4, 0.5) is 9.18 Å². The van der Waals surface area contributed by atoms with Crippen molar-refractivity contribution in [3.05, 3.63) is 35.6 Å². The molecule has 0 radical (unpaired) electrons. The summed E-state index contributed by atoms with van der Waals surface area (Å²) in [5.74, 6) is -1.31. The van der Waals surface area contributed by atoms with Crippen molar-refractivity contribution in [2.75, 3.05) is 5.88 Å². The summed E-state index contributed by atoms with van der Waals surface area (Å²) in [5, 5.41) is 4.31. The largest absolute Gasteiger partial charge is 0.334 e. The van der Waals surface area contributed by atoms with Crippen LogP contribution in [0.2, 0.25) is 0 Å². The van der Waals surface area contributed by atoms with Crippen molar-refractivity contribution in [2.45, 2.75) is 6.54 Å². The topological polar surface area (TPSA) is 58.2 Å². The number of carbonyl (C=O) groups excluding carboxylic acids is 2. The zero-order valence-electron chi connectivity index (χ0n) is 8.30. The molecule has 0 aliphatic carbocycles. The second-order valence-corrected chi connectivity index (χ2v) is 3.22. The average molecular weight is 245 g/mol. The summed E-state index contributed by atoms with van der Waals surface area (Å²) in [6.07, 6.45) is 0. The molecule has 0 spiro atoms. The third-order valence-electron chi connectivity index (χ3n) is 1.77. The highest BCUT2D eigenvalue weighted by atomic mass is 35.5. The monoisotopic (exact) mass is 244 g/mol. The maximum Gasteiger partial charge on any atom is 0.321 e. The number of urea groups is 1. The van der Waals surface area contributed by atoms with E-state index < -0.39 is 17.8 Å². The van der Waals surface area contributed by atoms with Gasteiger partial charge in [-0.25, -0.2) is 9.18 Å². The molecule has 0 unspecified atom stereocenters. The van der Waals surface area contributed by atoms with Crippen LogP contribution >= 0.6 is 11.6 Å². The zero-order valence-corrected chi connectivity index (χ0v) is 9.05. The second kappa shape index (κ2) is 6.07. The Hall–Kier alpha value is -1.62. The Bertz CT molecular complexity index is 398. The standard InChI is InChI=1S/C10H10ClFN2O2/c11-5-9(15)14-10(16)13-6-7-3-1-2-4-8(7)12/h1-4H,5-6H2,(H2,13,14,15,16). The van der Waals surface area contributed by atoms with E-state index in [0.717, 1.165) is 0 Å². The number of carbonyl (C=O) groups is 2. The minimum Gasteiger partial charge on any atom is -0.334 e. The van der Waals surface area contributed by atoms with Crippen LogP contribution in [0, 0.1) is 5.82 Å². The van der Waals surface area contributed by atoms with Crippen LogP contribution in [0.15, 0.2) is 24.3 Å². The molecule has 0 atom stereocenters. The van der Waals surface area contributed by atoms with Gasteiger partial charge in [0.15, 0.2) is 0 Å². The summed E-state index contributed by atoms with van der Waals surface area (Å²) in [6.45, 7) is 0.00801. The second-order valence-electron chi connectivity index (χ2n) is 2.96. The van der Waals surface area contributed by atoms with Crippen molar-refractivity contribution in [3.63, 3.8) is 0 Å². The molecule has 0 bridgehead atoms. The average Bonchev–Trinajstić information content (AvgIpc) is 2.28. The predicted molar refractivity (Wildman–Crippen MR) is 57.5 cm³/mol. The van der Waals surface area contributed by atoms with Crippen LogP contribution < -0.4 is 10.6 Å². The van der Waals surface area contributed by atoms with Crippen LogP contribution in [0.3, 0.4) is 0 Å².